The van der Waals surface area contributed by atoms with E-state index < -0.39 is 23.5 Å². The number of carbonyl (C=O) groups excluding carboxylic acids is 3. The Hall–Kier alpha value is -2.41. The summed E-state index contributed by atoms with van der Waals surface area (Å²) in [4.78, 5) is 35.2. The SMILES string of the molecule is CCCC(N)C(=O)Nc1cccc(C2(C)NC(=O)NC2=O)c1. The van der Waals surface area contributed by atoms with Gasteiger partial charge in [0.2, 0.25) is 5.91 Å². The molecule has 1 heterocycles. The maximum atomic E-state index is 11.9. The maximum absolute atomic E-state index is 11.9. The van der Waals surface area contributed by atoms with Crippen molar-refractivity contribution >= 4 is 23.5 Å². The number of imide groups is 1. The number of nitrogens with two attached hydrogens (primary N) is 1. The third kappa shape index (κ3) is 3.09. The van der Waals surface area contributed by atoms with Crippen molar-refractivity contribution in [3.05, 3.63) is 29.8 Å². The lowest BCUT2D eigenvalue weighted by atomic mass is 9.92. The number of nitrogens with one attached hydrogen (secondary N) is 3. The molecule has 1 aromatic rings. The van der Waals surface area contributed by atoms with E-state index in [0.29, 0.717) is 17.7 Å². The predicted octanol–water partition coefficient (Wildman–Crippen LogP) is 0.807. The van der Waals surface area contributed by atoms with E-state index in [1.165, 1.54) is 0 Å². The van der Waals surface area contributed by atoms with Gasteiger partial charge in [-0.1, -0.05) is 25.5 Å². The second kappa shape index (κ2) is 6.15. The van der Waals surface area contributed by atoms with E-state index in [2.05, 4.69) is 16.0 Å². The molecule has 1 aromatic carbocycles. The standard InChI is InChI=1S/C15H20N4O3/c1-3-5-11(16)12(20)17-10-7-4-6-9(8-10)15(2)13(21)18-14(22)19-15/h4,6-8,11H,3,5,16H2,1-2H3,(H,17,20)(H2,18,19,21,22). The molecule has 1 saturated heterocycles. The number of hydrogen-bond donors (Lipinski definition) is 4. The summed E-state index contributed by atoms with van der Waals surface area (Å²) < 4.78 is 0. The summed E-state index contributed by atoms with van der Waals surface area (Å²) in [5.41, 5.74) is 5.73. The van der Waals surface area contributed by atoms with Crippen LogP contribution in [0.1, 0.15) is 32.3 Å². The zero-order chi connectivity index (χ0) is 16.3. The Labute approximate surface area is 128 Å². The Morgan fingerprint density at radius 2 is 2.14 bits per heavy atom. The monoisotopic (exact) mass is 304 g/mol. The van der Waals surface area contributed by atoms with Crippen molar-refractivity contribution in [3.8, 4) is 0 Å². The minimum absolute atomic E-state index is 0.274. The first kappa shape index (κ1) is 16.0. The second-order valence-corrected chi connectivity index (χ2v) is 5.50. The highest BCUT2D eigenvalue weighted by atomic mass is 16.2. The lowest BCUT2D eigenvalue weighted by Crippen LogP contribution is -2.40. The van der Waals surface area contributed by atoms with E-state index in [9.17, 15) is 14.4 Å². The molecule has 1 fully saturated rings. The van der Waals surface area contributed by atoms with Crippen LogP contribution >= 0.6 is 0 Å². The molecule has 1 aliphatic rings. The van der Waals surface area contributed by atoms with Gasteiger partial charge in [-0.2, -0.15) is 0 Å². The number of urea groups is 1. The zero-order valence-corrected chi connectivity index (χ0v) is 12.6. The van der Waals surface area contributed by atoms with Crippen molar-refractivity contribution in [2.45, 2.75) is 38.3 Å². The fraction of sp³-hybridized carbons (Fsp3) is 0.400. The molecule has 2 unspecified atom stereocenters. The quantitative estimate of drug-likeness (QED) is 0.603. The lowest BCUT2D eigenvalue weighted by Gasteiger charge is -2.22. The minimum Gasteiger partial charge on any atom is -0.325 e. The van der Waals surface area contributed by atoms with Gasteiger partial charge < -0.3 is 16.4 Å². The molecular weight excluding hydrogens is 284 g/mol. The Kier molecular flexibility index (Phi) is 4.46. The summed E-state index contributed by atoms with van der Waals surface area (Å²) >= 11 is 0. The molecular formula is C15H20N4O3. The third-order valence-electron chi connectivity index (χ3n) is 3.69. The van der Waals surface area contributed by atoms with E-state index in [1.54, 1.807) is 31.2 Å². The van der Waals surface area contributed by atoms with Crippen molar-refractivity contribution in [2.24, 2.45) is 5.73 Å². The first-order chi connectivity index (χ1) is 10.4. The molecule has 118 valence electrons. The highest BCUT2D eigenvalue weighted by molar-refractivity contribution is 6.07. The number of hydrogen-bond acceptors (Lipinski definition) is 4. The molecule has 2 atom stereocenters. The van der Waals surface area contributed by atoms with Gasteiger partial charge in [-0.25, -0.2) is 4.79 Å². The average molecular weight is 304 g/mol. The summed E-state index contributed by atoms with van der Waals surface area (Å²) in [6.07, 6.45) is 1.42. The molecule has 7 heteroatoms. The summed E-state index contributed by atoms with van der Waals surface area (Å²) in [5, 5.41) is 7.51. The number of rotatable bonds is 5. The molecule has 0 bridgehead atoms. The van der Waals surface area contributed by atoms with Crippen molar-refractivity contribution in [3.63, 3.8) is 0 Å². The van der Waals surface area contributed by atoms with Gasteiger partial charge in [0, 0.05) is 5.69 Å². The molecule has 0 aliphatic carbocycles. The normalized spacial score (nSPS) is 22.0. The van der Waals surface area contributed by atoms with Crippen LogP contribution in [0.15, 0.2) is 24.3 Å². The average Bonchev–Trinajstić information content (AvgIpc) is 2.73. The number of benzene rings is 1. The molecule has 4 amide bonds. The Bertz CT molecular complexity index is 617. The fourth-order valence-electron chi connectivity index (χ4n) is 2.33. The Morgan fingerprint density at radius 3 is 2.73 bits per heavy atom. The van der Waals surface area contributed by atoms with Crippen LogP contribution < -0.4 is 21.7 Å². The van der Waals surface area contributed by atoms with E-state index in [4.69, 9.17) is 5.73 Å². The highest BCUT2D eigenvalue weighted by Gasteiger charge is 2.43. The van der Waals surface area contributed by atoms with Crippen LogP contribution in [0.4, 0.5) is 10.5 Å². The van der Waals surface area contributed by atoms with Gasteiger partial charge in [-0.05, 0) is 31.0 Å². The summed E-state index contributed by atoms with van der Waals surface area (Å²) in [7, 11) is 0. The van der Waals surface area contributed by atoms with Crippen LogP contribution in [0.25, 0.3) is 0 Å². The van der Waals surface area contributed by atoms with Gasteiger partial charge >= 0.3 is 6.03 Å². The van der Waals surface area contributed by atoms with Crippen LogP contribution in [0.5, 0.6) is 0 Å². The fourth-order valence-corrected chi connectivity index (χ4v) is 2.33. The van der Waals surface area contributed by atoms with Crippen LogP contribution in [0.2, 0.25) is 0 Å². The minimum atomic E-state index is -1.15. The maximum Gasteiger partial charge on any atom is 0.322 e. The Balaban J connectivity index is 2.19. The molecule has 7 nitrogen and oxygen atoms in total. The van der Waals surface area contributed by atoms with Crippen molar-refractivity contribution in [1.82, 2.24) is 10.6 Å². The molecule has 0 saturated carbocycles. The molecule has 0 aromatic heterocycles. The topological polar surface area (TPSA) is 113 Å². The Morgan fingerprint density at radius 1 is 1.41 bits per heavy atom. The molecule has 2 rings (SSSR count). The zero-order valence-electron chi connectivity index (χ0n) is 12.6. The van der Waals surface area contributed by atoms with Gasteiger partial charge in [-0.15, -0.1) is 0 Å². The lowest BCUT2D eigenvalue weighted by molar-refractivity contribution is -0.123. The van der Waals surface area contributed by atoms with Crippen molar-refractivity contribution in [1.29, 1.82) is 0 Å². The van der Waals surface area contributed by atoms with E-state index in [0.717, 1.165) is 6.42 Å². The van der Waals surface area contributed by atoms with E-state index >= 15 is 0 Å². The number of carbonyl (C=O) groups is 3. The van der Waals surface area contributed by atoms with Gasteiger partial charge in [0.1, 0.15) is 5.54 Å². The van der Waals surface area contributed by atoms with Crippen LogP contribution in [-0.4, -0.2) is 23.9 Å². The van der Waals surface area contributed by atoms with E-state index in [1.807, 2.05) is 6.92 Å². The molecule has 5 N–H and O–H groups in total. The second-order valence-electron chi connectivity index (χ2n) is 5.50. The largest absolute Gasteiger partial charge is 0.325 e. The summed E-state index contributed by atoms with van der Waals surface area (Å²) in [6.45, 7) is 3.56. The van der Waals surface area contributed by atoms with Gasteiger partial charge in [0.05, 0.1) is 6.04 Å². The molecule has 22 heavy (non-hydrogen) atoms. The molecule has 1 aliphatic heterocycles. The van der Waals surface area contributed by atoms with E-state index in [-0.39, 0.29) is 5.91 Å². The van der Waals surface area contributed by atoms with Crippen LogP contribution in [-0.2, 0) is 15.1 Å². The third-order valence-corrected chi connectivity index (χ3v) is 3.69. The van der Waals surface area contributed by atoms with Crippen LogP contribution in [0.3, 0.4) is 0 Å². The summed E-state index contributed by atoms with van der Waals surface area (Å²) in [6, 6.07) is 5.68. The first-order valence-electron chi connectivity index (χ1n) is 7.17. The highest BCUT2D eigenvalue weighted by Crippen LogP contribution is 2.26. The smallest absolute Gasteiger partial charge is 0.322 e. The number of amides is 4. The number of anilines is 1. The van der Waals surface area contributed by atoms with Gasteiger partial charge in [0.15, 0.2) is 0 Å². The molecule has 0 spiro atoms. The summed E-state index contributed by atoms with van der Waals surface area (Å²) in [5.74, 6) is -0.701. The van der Waals surface area contributed by atoms with Gasteiger partial charge in [0.25, 0.3) is 5.91 Å². The first-order valence-corrected chi connectivity index (χ1v) is 7.17. The van der Waals surface area contributed by atoms with Gasteiger partial charge in [-0.3, -0.25) is 14.9 Å². The van der Waals surface area contributed by atoms with Crippen molar-refractivity contribution in [2.75, 3.05) is 5.32 Å². The molecule has 0 radical (unpaired) electrons. The van der Waals surface area contributed by atoms with Crippen LogP contribution in [0, 0.1) is 0 Å². The van der Waals surface area contributed by atoms with Crippen molar-refractivity contribution < 1.29 is 14.4 Å². The predicted molar refractivity (Wildman–Crippen MR) is 82.0 cm³/mol.